The number of ether oxygens (including phenoxy) is 1. The second-order valence-electron chi connectivity index (χ2n) is 12.1. The lowest BCUT2D eigenvalue weighted by molar-refractivity contribution is -0.149. The maximum atomic E-state index is 13.8. The molecule has 6 amide bonds. The van der Waals surface area contributed by atoms with E-state index in [2.05, 4.69) is 10.6 Å². The molecule has 0 aromatic heterocycles. The molecule has 2 aliphatic heterocycles. The van der Waals surface area contributed by atoms with Gasteiger partial charge in [0.25, 0.3) is 5.91 Å². The highest BCUT2D eigenvalue weighted by molar-refractivity contribution is 7.87. The minimum Gasteiger partial charge on any atom is -0.464 e. The highest BCUT2D eigenvalue weighted by Crippen LogP contribution is 2.51. The van der Waals surface area contributed by atoms with Crippen LogP contribution in [0.2, 0.25) is 0 Å². The van der Waals surface area contributed by atoms with E-state index in [-0.39, 0.29) is 32.1 Å². The zero-order valence-electron chi connectivity index (χ0n) is 24.6. The SMILES string of the molecule is CNC(=O)Nc1ccc2c(c1)CC[C@@]21OC(=O)N(CC(=O)N(Cc2ccc(F)cc2)C2CC3(C2)CN(S(=O)(=O)NC(=O)O)C3)C1=O. The van der Waals surface area contributed by atoms with Crippen molar-refractivity contribution in [2.45, 2.75) is 43.9 Å². The molecule has 17 heteroatoms. The topological polar surface area (TPSA) is 195 Å². The quantitative estimate of drug-likeness (QED) is 0.327. The van der Waals surface area contributed by atoms with Crippen molar-refractivity contribution in [3.8, 4) is 0 Å². The lowest BCUT2D eigenvalue weighted by atomic mass is 9.61. The van der Waals surface area contributed by atoms with E-state index in [1.165, 1.54) is 40.9 Å². The van der Waals surface area contributed by atoms with Gasteiger partial charge in [-0.2, -0.15) is 12.7 Å². The number of hydrogen-bond donors (Lipinski definition) is 4. The lowest BCUT2D eigenvalue weighted by Gasteiger charge is -2.60. The lowest BCUT2D eigenvalue weighted by Crippen LogP contribution is -2.69. The third-order valence-corrected chi connectivity index (χ3v) is 10.5. The highest BCUT2D eigenvalue weighted by atomic mass is 32.2. The first-order valence-corrected chi connectivity index (χ1v) is 15.9. The summed E-state index contributed by atoms with van der Waals surface area (Å²) in [6, 6.07) is 9.66. The molecule has 2 aliphatic carbocycles. The zero-order chi connectivity index (χ0) is 33.0. The first kappa shape index (κ1) is 31.2. The van der Waals surface area contributed by atoms with Gasteiger partial charge in [0.1, 0.15) is 12.4 Å². The fourth-order valence-corrected chi connectivity index (χ4v) is 8.06. The van der Waals surface area contributed by atoms with Crippen molar-refractivity contribution in [1.82, 2.24) is 24.1 Å². The van der Waals surface area contributed by atoms with Gasteiger partial charge in [-0.15, -0.1) is 0 Å². The summed E-state index contributed by atoms with van der Waals surface area (Å²) in [5.41, 5.74) is 0.261. The van der Waals surface area contributed by atoms with E-state index in [1.54, 1.807) is 18.2 Å². The number of carbonyl (C=O) groups excluding carboxylic acids is 4. The van der Waals surface area contributed by atoms with E-state index in [0.29, 0.717) is 36.1 Å². The van der Waals surface area contributed by atoms with Crippen LogP contribution in [0.1, 0.15) is 36.0 Å². The van der Waals surface area contributed by atoms with Crippen LogP contribution in [0.5, 0.6) is 0 Å². The van der Waals surface area contributed by atoms with Crippen LogP contribution in [0.3, 0.4) is 0 Å². The molecule has 1 atom stereocenters. The predicted octanol–water partition coefficient (Wildman–Crippen LogP) is 1.70. The molecule has 0 unspecified atom stereocenters. The van der Waals surface area contributed by atoms with Gasteiger partial charge in [0.15, 0.2) is 0 Å². The Morgan fingerprint density at radius 1 is 1.11 bits per heavy atom. The average molecular weight is 659 g/mol. The summed E-state index contributed by atoms with van der Waals surface area (Å²) in [6.07, 6.45) is -1.28. The van der Waals surface area contributed by atoms with Gasteiger partial charge in [-0.05, 0) is 54.7 Å². The molecular formula is C29H31FN6O9S. The summed E-state index contributed by atoms with van der Waals surface area (Å²) in [4.78, 5) is 65.5. The van der Waals surface area contributed by atoms with Crippen LogP contribution in [-0.2, 0) is 43.1 Å². The predicted molar refractivity (Wildman–Crippen MR) is 157 cm³/mol. The van der Waals surface area contributed by atoms with E-state index in [9.17, 15) is 36.8 Å². The van der Waals surface area contributed by atoms with Crippen molar-refractivity contribution in [3.63, 3.8) is 0 Å². The molecule has 2 spiro atoms. The molecule has 15 nitrogen and oxygen atoms in total. The summed E-state index contributed by atoms with van der Waals surface area (Å²) in [5, 5.41) is 13.9. The van der Waals surface area contributed by atoms with E-state index >= 15 is 0 Å². The Labute approximate surface area is 262 Å². The number of urea groups is 1. The van der Waals surface area contributed by atoms with E-state index < -0.39 is 63.6 Å². The third-order valence-electron chi connectivity index (χ3n) is 9.08. The number of amides is 6. The Balaban J connectivity index is 1.17. The smallest absolute Gasteiger partial charge is 0.419 e. The van der Waals surface area contributed by atoms with Crippen LogP contribution in [-0.4, -0.2) is 90.4 Å². The van der Waals surface area contributed by atoms with Gasteiger partial charge >= 0.3 is 28.4 Å². The van der Waals surface area contributed by atoms with Gasteiger partial charge in [-0.3, -0.25) is 9.59 Å². The summed E-state index contributed by atoms with van der Waals surface area (Å²) in [7, 11) is -2.72. The summed E-state index contributed by atoms with van der Waals surface area (Å²) in [6.45, 7) is -0.402. The number of rotatable bonds is 8. The fraction of sp³-hybridized carbons (Fsp3) is 0.414. The maximum Gasteiger partial charge on any atom is 0.419 e. The van der Waals surface area contributed by atoms with Crippen LogP contribution in [0, 0.1) is 11.2 Å². The Bertz CT molecular complexity index is 1740. The van der Waals surface area contributed by atoms with Gasteiger partial charge in [-0.25, -0.2) is 28.4 Å². The van der Waals surface area contributed by atoms with Crippen molar-refractivity contribution in [1.29, 1.82) is 0 Å². The summed E-state index contributed by atoms with van der Waals surface area (Å²) >= 11 is 0. The standard InChI is InChI=1S/C29H31FN6O9S/c1-31-25(39)32-20-6-7-22-18(10-20)8-9-29(22)24(38)36(27(42)45-29)14-23(37)35(13-17-2-4-19(30)5-3-17)21-11-28(12-21)15-34(16-28)46(43,44)33-26(40)41/h2-7,10,21,33H,8-9,11-16H2,1H3,(H,40,41)(H2,31,32,39)/t29-/m1/s1. The number of aryl methyl sites for hydroxylation is 1. The molecule has 6 rings (SSSR count). The van der Waals surface area contributed by atoms with Crippen molar-refractivity contribution < 1.29 is 46.6 Å². The molecule has 2 heterocycles. The molecule has 244 valence electrons. The number of carbonyl (C=O) groups is 5. The molecule has 0 bridgehead atoms. The number of benzene rings is 2. The number of fused-ring (bicyclic) bond motifs is 2. The van der Waals surface area contributed by atoms with Gasteiger partial charge in [0, 0.05) is 55.8 Å². The summed E-state index contributed by atoms with van der Waals surface area (Å²) < 4.78 is 46.2. The molecule has 2 aromatic rings. The first-order chi connectivity index (χ1) is 21.7. The number of imide groups is 1. The number of nitrogens with zero attached hydrogens (tertiary/aromatic N) is 3. The minimum absolute atomic E-state index is 0.0502. The normalized spacial score (nSPS) is 21.7. The summed E-state index contributed by atoms with van der Waals surface area (Å²) in [5.74, 6) is -1.68. The molecule has 4 aliphatic rings. The molecule has 3 fully saturated rings. The number of halogens is 1. The molecule has 2 aromatic carbocycles. The van der Waals surface area contributed by atoms with Crippen LogP contribution >= 0.6 is 0 Å². The van der Waals surface area contributed by atoms with Crippen molar-refractivity contribution in [2.24, 2.45) is 5.41 Å². The monoisotopic (exact) mass is 658 g/mol. The van der Waals surface area contributed by atoms with Crippen LogP contribution < -0.4 is 15.4 Å². The minimum atomic E-state index is -4.20. The maximum absolute atomic E-state index is 13.8. The van der Waals surface area contributed by atoms with Gasteiger partial charge in [-0.1, -0.05) is 18.2 Å². The molecule has 0 radical (unpaired) electrons. The molecular weight excluding hydrogens is 627 g/mol. The van der Waals surface area contributed by atoms with Crippen LogP contribution in [0.15, 0.2) is 42.5 Å². The van der Waals surface area contributed by atoms with E-state index in [4.69, 9.17) is 9.84 Å². The second-order valence-corrected chi connectivity index (χ2v) is 13.7. The van der Waals surface area contributed by atoms with Gasteiger partial charge in [0.05, 0.1) is 0 Å². The third kappa shape index (κ3) is 5.49. The number of nitrogens with one attached hydrogen (secondary N) is 3. The molecule has 1 saturated carbocycles. The Morgan fingerprint density at radius 2 is 1.80 bits per heavy atom. The number of carboxylic acid groups (broad SMARTS) is 1. The van der Waals surface area contributed by atoms with Crippen LogP contribution in [0.4, 0.5) is 24.5 Å². The van der Waals surface area contributed by atoms with Crippen LogP contribution in [0.25, 0.3) is 0 Å². The highest BCUT2D eigenvalue weighted by Gasteiger charge is 2.60. The average Bonchev–Trinajstić information content (AvgIpc) is 3.42. The molecule has 46 heavy (non-hydrogen) atoms. The van der Waals surface area contributed by atoms with Crippen molar-refractivity contribution >= 4 is 45.9 Å². The number of hydrogen-bond acceptors (Lipinski definition) is 8. The Morgan fingerprint density at radius 3 is 2.46 bits per heavy atom. The van der Waals surface area contributed by atoms with Gasteiger partial charge < -0.3 is 25.4 Å². The number of anilines is 1. The fourth-order valence-electron chi connectivity index (χ4n) is 6.82. The molecule has 2 saturated heterocycles. The van der Waals surface area contributed by atoms with E-state index in [1.807, 2.05) is 0 Å². The van der Waals surface area contributed by atoms with Crippen molar-refractivity contribution in [3.05, 3.63) is 65.0 Å². The first-order valence-electron chi connectivity index (χ1n) is 14.5. The Hall–Kier alpha value is -4.77. The van der Waals surface area contributed by atoms with Gasteiger partial charge in [0.2, 0.25) is 11.5 Å². The zero-order valence-corrected chi connectivity index (χ0v) is 25.4. The largest absolute Gasteiger partial charge is 0.464 e. The van der Waals surface area contributed by atoms with Crippen molar-refractivity contribution in [2.75, 3.05) is 32.0 Å². The molecule has 4 N–H and O–H groups in total. The van der Waals surface area contributed by atoms with E-state index in [0.717, 1.165) is 14.8 Å². The Kier molecular flexibility index (Phi) is 7.63. The second kappa shape index (κ2) is 11.2.